The van der Waals surface area contributed by atoms with Crippen LogP contribution in [0.2, 0.25) is 0 Å². The molecule has 1 N–H and O–H groups in total. The summed E-state index contributed by atoms with van der Waals surface area (Å²) in [5, 5.41) is 12.0. The molecular weight excluding hydrogens is 340 g/mol. The number of nitrogens with one attached hydrogen (secondary N) is 1. The van der Waals surface area contributed by atoms with E-state index in [1.807, 2.05) is 18.2 Å². The summed E-state index contributed by atoms with van der Waals surface area (Å²) in [4.78, 5) is 12.3. The van der Waals surface area contributed by atoms with Gasteiger partial charge in [-0.05, 0) is 49.1 Å². The first-order valence-electron chi connectivity index (χ1n) is 9.32. The molecule has 1 aliphatic heterocycles. The molecule has 1 heterocycles. The summed E-state index contributed by atoms with van der Waals surface area (Å²) in [6.07, 6.45) is 2.71. The standard InChI is InChI=1S/C22H24N2O3/c23-15-18-9-11-19(12-10-18)27-21-16-26-14-13-20(21)24-22(25)8-4-7-17-5-2-1-3-6-17/h1-3,5-6,9-12,20-21H,4,7-8,13-14,16H2,(H,24,25). The molecule has 2 aromatic rings. The van der Waals surface area contributed by atoms with E-state index in [-0.39, 0.29) is 18.1 Å². The van der Waals surface area contributed by atoms with E-state index >= 15 is 0 Å². The molecule has 2 atom stereocenters. The van der Waals surface area contributed by atoms with E-state index in [4.69, 9.17) is 14.7 Å². The minimum atomic E-state index is -0.232. The highest BCUT2D eigenvalue weighted by Gasteiger charge is 2.28. The quantitative estimate of drug-likeness (QED) is 0.819. The van der Waals surface area contributed by atoms with Gasteiger partial charge in [0.25, 0.3) is 0 Å². The number of nitriles is 1. The fraction of sp³-hybridized carbons (Fsp3) is 0.364. The molecular formula is C22H24N2O3. The number of nitrogens with zero attached hydrogens (tertiary/aromatic N) is 1. The zero-order valence-corrected chi connectivity index (χ0v) is 15.3. The Bertz CT molecular complexity index is 768. The summed E-state index contributed by atoms with van der Waals surface area (Å²) in [7, 11) is 0. The van der Waals surface area contributed by atoms with Gasteiger partial charge in [0.2, 0.25) is 5.91 Å². The van der Waals surface area contributed by atoms with Gasteiger partial charge in [-0.25, -0.2) is 0 Å². The lowest BCUT2D eigenvalue weighted by atomic mass is 10.0. The van der Waals surface area contributed by atoms with Crippen LogP contribution in [0.1, 0.15) is 30.4 Å². The predicted octanol–water partition coefficient (Wildman–Crippen LogP) is 3.23. The zero-order chi connectivity index (χ0) is 18.9. The van der Waals surface area contributed by atoms with Crippen LogP contribution in [0.3, 0.4) is 0 Å². The molecule has 0 aliphatic carbocycles. The summed E-state index contributed by atoms with van der Waals surface area (Å²) < 4.78 is 11.5. The minimum Gasteiger partial charge on any atom is -0.486 e. The monoisotopic (exact) mass is 364 g/mol. The number of rotatable bonds is 7. The highest BCUT2D eigenvalue weighted by molar-refractivity contribution is 5.76. The number of carbonyl (C=O) groups is 1. The average Bonchev–Trinajstić information content (AvgIpc) is 2.71. The maximum absolute atomic E-state index is 12.3. The number of aryl methyl sites for hydroxylation is 1. The molecule has 3 rings (SSSR count). The lowest BCUT2D eigenvalue weighted by Gasteiger charge is -2.32. The van der Waals surface area contributed by atoms with Crippen molar-refractivity contribution in [1.82, 2.24) is 5.32 Å². The molecule has 0 radical (unpaired) electrons. The maximum atomic E-state index is 12.3. The van der Waals surface area contributed by atoms with Crippen molar-refractivity contribution in [2.24, 2.45) is 0 Å². The molecule has 5 heteroatoms. The second-order valence-electron chi connectivity index (χ2n) is 6.67. The van der Waals surface area contributed by atoms with Gasteiger partial charge in [-0.3, -0.25) is 4.79 Å². The van der Waals surface area contributed by atoms with E-state index in [9.17, 15) is 4.79 Å². The number of amides is 1. The summed E-state index contributed by atoms with van der Waals surface area (Å²) in [6, 6.07) is 19.2. The summed E-state index contributed by atoms with van der Waals surface area (Å²) in [5.74, 6) is 0.721. The molecule has 1 saturated heterocycles. The van der Waals surface area contributed by atoms with Gasteiger partial charge in [0, 0.05) is 13.0 Å². The van der Waals surface area contributed by atoms with Crippen LogP contribution in [0.4, 0.5) is 0 Å². The highest BCUT2D eigenvalue weighted by atomic mass is 16.5. The van der Waals surface area contributed by atoms with Gasteiger partial charge in [0.15, 0.2) is 0 Å². The third-order valence-electron chi connectivity index (χ3n) is 4.63. The molecule has 1 amide bonds. The molecule has 1 fully saturated rings. The third kappa shape index (κ3) is 5.83. The second kappa shape index (κ2) is 9.75. The van der Waals surface area contributed by atoms with Crippen LogP contribution in [-0.4, -0.2) is 31.3 Å². The highest BCUT2D eigenvalue weighted by Crippen LogP contribution is 2.18. The van der Waals surface area contributed by atoms with Gasteiger partial charge in [-0.15, -0.1) is 0 Å². The zero-order valence-electron chi connectivity index (χ0n) is 15.3. The normalized spacial score (nSPS) is 19.1. The van der Waals surface area contributed by atoms with Gasteiger partial charge in [0.05, 0.1) is 24.3 Å². The molecule has 0 bridgehead atoms. The van der Waals surface area contributed by atoms with Crippen molar-refractivity contribution in [2.75, 3.05) is 13.2 Å². The Morgan fingerprint density at radius 3 is 2.70 bits per heavy atom. The lowest BCUT2D eigenvalue weighted by Crippen LogP contribution is -2.51. The van der Waals surface area contributed by atoms with Crippen LogP contribution in [0, 0.1) is 11.3 Å². The second-order valence-corrected chi connectivity index (χ2v) is 6.67. The summed E-state index contributed by atoms with van der Waals surface area (Å²) in [6.45, 7) is 1.05. The summed E-state index contributed by atoms with van der Waals surface area (Å²) in [5.41, 5.74) is 1.84. The fourth-order valence-electron chi connectivity index (χ4n) is 3.15. The van der Waals surface area contributed by atoms with E-state index in [0.29, 0.717) is 30.9 Å². The first-order valence-corrected chi connectivity index (χ1v) is 9.32. The average molecular weight is 364 g/mol. The van der Waals surface area contributed by atoms with Crippen molar-refractivity contribution < 1.29 is 14.3 Å². The number of hydrogen-bond acceptors (Lipinski definition) is 4. The predicted molar refractivity (Wildman–Crippen MR) is 102 cm³/mol. The van der Waals surface area contributed by atoms with Crippen molar-refractivity contribution >= 4 is 5.91 Å². The Labute approximate surface area is 159 Å². The van der Waals surface area contributed by atoms with Crippen molar-refractivity contribution in [3.63, 3.8) is 0 Å². The third-order valence-corrected chi connectivity index (χ3v) is 4.63. The SMILES string of the molecule is N#Cc1ccc(OC2COCCC2NC(=O)CCCc2ccccc2)cc1. The van der Waals surface area contributed by atoms with Crippen molar-refractivity contribution in [2.45, 2.75) is 37.8 Å². The van der Waals surface area contributed by atoms with Crippen LogP contribution in [-0.2, 0) is 16.0 Å². The lowest BCUT2D eigenvalue weighted by molar-refractivity contribution is -0.124. The van der Waals surface area contributed by atoms with Crippen molar-refractivity contribution in [1.29, 1.82) is 5.26 Å². The first-order chi connectivity index (χ1) is 13.2. The fourth-order valence-corrected chi connectivity index (χ4v) is 3.15. The molecule has 0 aromatic heterocycles. The van der Waals surface area contributed by atoms with E-state index in [2.05, 4.69) is 23.5 Å². The van der Waals surface area contributed by atoms with E-state index < -0.39 is 0 Å². The number of hydrogen-bond donors (Lipinski definition) is 1. The van der Waals surface area contributed by atoms with Gasteiger partial charge in [0.1, 0.15) is 11.9 Å². The number of benzene rings is 2. The molecule has 0 saturated carbocycles. The molecule has 27 heavy (non-hydrogen) atoms. The number of ether oxygens (including phenoxy) is 2. The Kier molecular flexibility index (Phi) is 6.84. The summed E-state index contributed by atoms with van der Waals surface area (Å²) >= 11 is 0. The maximum Gasteiger partial charge on any atom is 0.220 e. The Morgan fingerprint density at radius 2 is 1.96 bits per heavy atom. The Balaban J connectivity index is 1.48. The molecule has 2 aromatic carbocycles. The van der Waals surface area contributed by atoms with E-state index in [0.717, 1.165) is 19.3 Å². The molecule has 1 aliphatic rings. The van der Waals surface area contributed by atoms with Gasteiger partial charge in [-0.1, -0.05) is 30.3 Å². The smallest absolute Gasteiger partial charge is 0.220 e. The van der Waals surface area contributed by atoms with Crippen LogP contribution in [0.5, 0.6) is 5.75 Å². The largest absolute Gasteiger partial charge is 0.486 e. The topological polar surface area (TPSA) is 71.3 Å². The molecule has 5 nitrogen and oxygen atoms in total. The van der Waals surface area contributed by atoms with Crippen molar-refractivity contribution in [3.8, 4) is 11.8 Å². The van der Waals surface area contributed by atoms with Gasteiger partial charge >= 0.3 is 0 Å². The van der Waals surface area contributed by atoms with Crippen molar-refractivity contribution in [3.05, 3.63) is 65.7 Å². The minimum absolute atomic E-state index is 0.0475. The van der Waals surface area contributed by atoms with Crippen LogP contribution in [0.15, 0.2) is 54.6 Å². The number of carbonyl (C=O) groups excluding carboxylic acids is 1. The Hall–Kier alpha value is -2.84. The van der Waals surface area contributed by atoms with Crippen LogP contribution in [0.25, 0.3) is 0 Å². The molecule has 0 spiro atoms. The van der Waals surface area contributed by atoms with Crippen LogP contribution >= 0.6 is 0 Å². The molecule has 140 valence electrons. The van der Waals surface area contributed by atoms with Gasteiger partial charge in [-0.2, -0.15) is 5.26 Å². The Morgan fingerprint density at radius 1 is 1.19 bits per heavy atom. The van der Waals surface area contributed by atoms with Crippen LogP contribution < -0.4 is 10.1 Å². The van der Waals surface area contributed by atoms with Gasteiger partial charge < -0.3 is 14.8 Å². The first kappa shape index (κ1) is 18.9. The van der Waals surface area contributed by atoms with E-state index in [1.54, 1.807) is 24.3 Å². The van der Waals surface area contributed by atoms with E-state index in [1.165, 1.54) is 5.56 Å². The molecule has 2 unspecified atom stereocenters.